The number of carboxylic acid groups (broad SMARTS) is 1. The van der Waals surface area contributed by atoms with Gasteiger partial charge < -0.3 is 17.4 Å². The molecule has 0 heterocycles. The molecule has 0 fully saturated rings. The van der Waals surface area contributed by atoms with Crippen LogP contribution in [0.15, 0.2) is 36.4 Å². The van der Waals surface area contributed by atoms with E-state index in [1.165, 1.54) is 6.07 Å². The highest BCUT2D eigenvalue weighted by atomic mass is 127. The Morgan fingerprint density at radius 1 is 1.27 bits per heavy atom. The molecule has 2 aromatic carbocycles. The first-order valence-electron chi connectivity index (χ1n) is 6.31. The van der Waals surface area contributed by atoms with Crippen molar-refractivity contribution in [3.05, 3.63) is 53.1 Å². The molecule has 22 heavy (non-hydrogen) atoms. The number of hydrogen-bond donors (Lipinski definition) is 1. The molecule has 0 saturated carbocycles. The van der Waals surface area contributed by atoms with E-state index in [9.17, 15) is 9.90 Å². The minimum atomic E-state index is -1.12. The van der Waals surface area contributed by atoms with E-state index in [4.69, 9.17) is 12.3 Å². The molecule has 0 spiro atoms. The Hall–Kier alpha value is -1.53. The lowest BCUT2D eigenvalue weighted by atomic mass is 10.1. The van der Waals surface area contributed by atoms with Crippen molar-refractivity contribution in [1.29, 1.82) is 0 Å². The van der Waals surface area contributed by atoms with Crippen LogP contribution in [0.5, 0.6) is 17.2 Å². The molecular formula is C15H14IO5P. The molecular weight excluding hydrogens is 418 g/mol. The van der Waals surface area contributed by atoms with Gasteiger partial charge in [0.1, 0.15) is 23.7 Å². The average Bonchev–Trinajstić information content (AvgIpc) is 2.54. The summed E-state index contributed by atoms with van der Waals surface area (Å²) in [5, 5.41) is 9.45. The van der Waals surface area contributed by atoms with Crippen LogP contribution in [0, 0.1) is 6.92 Å². The second-order valence-electron chi connectivity index (χ2n) is 4.48. The smallest absolute Gasteiger partial charge is 0.343 e. The molecule has 2 rings (SSSR count). The minimum absolute atomic E-state index is 0.0198. The largest absolute Gasteiger partial charge is 0.487 e. The summed E-state index contributed by atoms with van der Waals surface area (Å²) in [5.41, 5.74) is 1.52. The fourth-order valence-corrected chi connectivity index (χ4v) is 2.60. The van der Waals surface area contributed by atoms with Gasteiger partial charge in [0.25, 0.3) is 0 Å². The van der Waals surface area contributed by atoms with Crippen molar-refractivity contribution < 1.29 is 22.2 Å². The zero-order chi connectivity index (χ0) is 16.1. The second kappa shape index (κ2) is 7.65. The molecule has 0 radical (unpaired) electrons. The van der Waals surface area contributed by atoms with E-state index in [1.54, 1.807) is 29.9 Å². The van der Waals surface area contributed by atoms with Crippen molar-refractivity contribution in [2.75, 3.05) is 0 Å². The molecule has 1 unspecified atom stereocenters. The van der Waals surface area contributed by atoms with Gasteiger partial charge in [0.05, 0.1) is 9.47 Å². The Bertz CT molecular complexity index is 675. The number of rotatable bonds is 6. The van der Waals surface area contributed by atoms with Crippen molar-refractivity contribution in [3.8, 4) is 17.2 Å². The molecule has 2 aromatic rings. The highest BCUT2D eigenvalue weighted by Crippen LogP contribution is 2.40. The van der Waals surface area contributed by atoms with Crippen LogP contribution in [0.4, 0.5) is 0 Å². The van der Waals surface area contributed by atoms with Crippen LogP contribution >= 0.6 is 32.5 Å². The van der Waals surface area contributed by atoms with E-state index in [-0.39, 0.29) is 23.7 Å². The number of benzene rings is 2. The molecule has 1 atom stereocenters. The number of carbonyl (C=O) groups is 1. The lowest BCUT2D eigenvalue weighted by Crippen LogP contribution is -2.07. The normalized spacial score (nSPS) is 10.1. The highest BCUT2D eigenvalue weighted by Gasteiger charge is 2.24. The van der Waals surface area contributed by atoms with E-state index < -0.39 is 5.97 Å². The van der Waals surface area contributed by atoms with Crippen molar-refractivity contribution in [2.24, 2.45) is 0 Å². The molecule has 7 heteroatoms. The van der Waals surface area contributed by atoms with Gasteiger partial charge in [-0.15, -0.1) is 0 Å². The fourth-order valence-electron chi connectivity index (χ4n) is 2.01. The van der Waals surface area contributed by atoms with Gasteiger partial charge in [-0.3, -0.25) is 0 Å². The van der Waals surface area contributed by atoms with E-state index in [1.807, 2.05) is 30.3 Å². The summed E-state index contributed by atoms with van der Waals surface area (Å²) in [6.45, 7) is 1.99. The highest BCUT2D eigenvalue weighted by molar-refractivity contribution is 14.1. The zero-order valence-electron chi connectivity index (χ0n) is 11.7. The molecule has 0 bridgehead atoms. The summed E-state index contributed by atoms with van der Waals surface area (Å²) < 4.78 is 16.0. The van der Waals surface area contributed by atoms with Gasteiger partial charge in [0.2, 0.25) is 0 Å². The molecule has 0 aliphatic rings. The first kappa shape index (κ1) is 16.8. The Labute approximate surface area is 144 Å². The zero-order valence-corrected chi connectivity index (χ0v) is 15.0. The maximum Gasteiger partial charge on any atom is 0.343 e. The van der Waals surface area contributed by atoms with Crippen LogP contribution in [0.2, 0.25) is 0 Å². The fraction of sp³-hybridized carbons (Fsp3) is 0.133. The maximum atomic E-state index is 11.6. The van der Waals surface area contributed by atoms with E-state index >= 15 is 0 Å². The van der Waals surface area contributed by atoms with Crippen LogP contribution in [0.3, 0.4) is 0 Å². The van der Waals surface area contributed by atoms with Crippen LogP contribution in [0.25, 0.3) is 0 Å². The second-order valence-corrected chi connectivity index (χ2v) is 5.15. The third kappa shape index (κ3) is 3.62. The molecule has 0 aliphatic carbocycles. The van der Waals surface area contributed by atoms with Gasteiger partial charge in [0, 0.05) is 11.6 Å². The summed E-state index contributed by atoms with van der Waals surface area (Å²) in [7, 11) is 2.13. The third-order valence-electron chi connectivity index (χ3n) is 3.10. The van der Waals surface area contributed by atoms with Gasteiger partial charge in [-0.25, -0.2) is 4.79 Å². The molecule has 116 valence electrons. The quantitative estimate of drug-likeness (QED) is 0.549. The van der Waals surface area contributed by atoms with E-state index in [0.29, 0.717) is 11.3 Å². The number of ether oxygens (including phenoxy) is 1. The molecule has 0 aromatic heterocycles. The Morgan fingerprint density at radius 3 is 2.50 bits per heavy atom. The summed E-state index contributed by atoms with van der Waals surface area (Å²) in [4.78, 5) is 11.6. The summed E-state index contributed by atoms with van der Waals surface area (Å²) >= 11 is 1.63. The third-order valence-corrected chi connectivity index (χ3v) is 3.82. The van der Waals surface area contributed by atoms with Gasteiger partial charge >= 0.3 is 5.97 Å². The van der Waals surface area contributed by atoms with Crippen LogP contribution in [-0.2, 0) is 6.61 Å². The van der Waals surface area contributed by atoms with Crippen molar-refractivity contribution >= 4 is 38.4 Å². The van der Waals surface area contributed by atoms with Crippen molar-refractivity contribution in [2.45, 2.75) is 13.5 Å². The molecule has 0 aliphatic heterocycles. The molecule has 0 saturated heterocycles. The van der Waals surface area contributed by atoms with Crippen LogP contribution in [-0.4, -0.2) is 11.1 Å². The SMILES string of the molecule is Cc1c(OP)cc(OI)c(C(=O)O)c1OCc1ccccc1. The van der Waals surface area contributed by atoms with Gasteiger partial charge in [0.15, 0.2) is 28.8 Å². The van der Waals surface area contributed by atoms with Crippen LogP contribution in [0.1, 0.15) is 21.5 Å². The maximum absolute atomic E-state index is 11.6. The number of halogens is 1. The Morgan fingerprint density at radius 2 is 1.95 bits per heavy atom. The van der Waals surface area contributed by atoms with Crippen molar-refractivity contribution in [3.63, 3.8) is 0 Å². The van der Waals surface area contributed by atoms with Gasteiger partial charge in [-0.2, -0.15) is 0 Å². The predicted molar refractivity (Wildman–Crippen MR) is 93.9 cm³/mol. The van der Waals surface area contributed by atoms with Gasteiger partial charge in [-0.1, -0.05) is 30.3 Å². The standard InChI is InChI=1S/C15H14IO5P/c1-9-11(21-22)7-12(20-16)13(15(17)18)14(9)19-8-10-5-3-2-4-6-10/h2-7H,8,22H2,1H3,(H,17,18). The number of hydrogen-bond acceptors (Lipinski definition) is 4. The monoisotopic (exact) mass is 432 g/mol. The Balaban J connectivity index is 2.44. The summed E-state index contributed by atoms with van der Waals surface area (Å²) in [6, 6.07) is 11.0. The van der Waals surface area contributed by atoms with E-state index in [2.05, 4.69) is 9.47 Å². The Kier molecular flexibility index (Phi) is 5.85. The lowest BCUT2D eigenvalue weighted by molar-refractivity contribution is 0.0690. The van der Waals surface area contributed by atoms with Gasteiger partial charge in [-0.05, 0) is 12.5 Å². The number of aromatic carboxylic acids is 1. The predicted octanol–water partition coefficient (Wildman–Crippen LogP) is 4.17. The van der Waals surface area contributed by atoms with Crippen LogP contribution < -0.4 is 12.3 Å². The summed E-state index contributed by atoms with van der Waals surface area (Å²) in [5.74, 6) is -0.222. The first-order chi connectivity index (χ1) is 10.6. The molecule has 0 amide bonds. The van der Waals surface area contributed by atoms with E-state index in [0.717, 1.165) is 5.56 Å². The first-order valence-corrected chi connectivity index (χ1v) is 7.66. The van der Waals surface area contributed by atoms with Crippen molar-refractivity contribution in [1.82, 2.24) is 0 Å². The minimum Gasteiger partial charge on any atom is -0.487 e. The average molecular weight is 432 g/mol. The topological polar surface area (TPSA) is 65.0 Å². The number of carboxylic acids is 1. The molecule has 1 N–H and O–H groups in total. The lowest BCUT2D eigenvalue weighted by Gasteiger charge is -2.17. The summed E-state index contributed by atoms with van der Waals surface area (Å²) in [6.07, 6.45) is 0. The molecule has 5 nitrogen and oxygen atoms in total.